The molecule has 0 fully saturated rings. The predicted octanol–water partition coefficient (Wildman–Crippen LogP) is 5.78. The topological polar surface area (TPSA) is 126 Å². The van der Waals surface area contributed by atoms with Gasteiger partial charge in [-0.15, -0.1) is 15.7 Å². The Labute approximate surface area is 219 Å². The van der Waals surface area contributed by atoms with Crippen LogP contribution < -0.4 is 10.6 Å². The lowest BCUT2D eigenvalue weighted by atomic mass is 10.2. The van der Waals surface area contributed by atoms with Crippen molar-refractivity contribution < 1.29 is 18.8 Å². The van der Waals surface area contributed by atoms with Gasteiger partial charge in [-0.25, -0.2) is 14.0 Å². The first kappa shape index (κ1) is 26.3. The van der Waals surface area contributed by atoms with Crippen LogP contribution in [0.15, 0.2) is 92.5 Å². The van der Waals surface area contributed by atoms with Gasteiger partial charge in [0.1, 0.15) is 15.5 Å². The third kappa shape index (κ3) is 6.31. The van der Waals surface area contributed by atoms with Crippen LogP contribution >= 0.6 is 11.3 Å². The fourth-order valence-corrected chi connectivity index (χ4v) is 5.91. The summed E-state index contributed by atoms with van der Waals surface area (Å²) in [5, 5.41) is 17.9. The summed E-state index contributed by atoms with van der Waals surface area (Å²) < 4.78 is 22.8. The quantitative estimate of drug-likeness (QED) is 0.245. The molecule has 4 rings (SSSR count). The molecule has 0 bridgehead atoms. The number of nitrogens with zero attached hydrogens (tertiary/aromatic N) is 3. The summed E-state index contributed by atoms with van der Waals surface area (Å²) >= 11 is 1.57. The molecule has 0 aliphatic carbocycles. The Kier molecular flexibility index (Phi) is 8.49. The van der Waals surface area contributed by atoms with E-state index < -0.39 is 15.8 Å². The Balaban J connectivity index is 1.64. The maximum absolute atomic E-state index is 13.9. The molecule has 3 N–H and O–H groups in total. The number of ether oxygens (including phenoxy) is 1. The first-order valence-corrected chi connectivity index (χ1v) is 14.0. The highest BCUT2D eigenvalue weighted by molar-refractivity contribution is 7.94. The average molecular weight is 538 g/mol. The van der Waals surface area contributed by atoms with Crippen molar-refractivity contribution in [1.29, 1.82) is 0 Å². The van der Waals surface area contributed by atoms with Gasteiger partial charge in [0.05, 0.1) is 28.6 Å². The van der Waals surface area contributed by atoms with E-state index in [9.17, 15) is 14.1 Å². The minimum Gasteiger partial charge on any atom is -0.448 e. The molecular formula is C26H27N5O4S2. The van der Waals surface area contributed by atoms with Crippen molar-refractivity contribution in [2.75, 3.05) is 23.8 Å². The Morgan fingerprint density at radius 3 is 2.49 bits per heavy atom. The second-order valence-electron chi connectivity index (χ2n) is 7.94. The molecule has 0 aliphatic heterocycles. The highest BCUT2D eigenvalue weighted by Gasteiger charge is 2.19. The zero-order valence-electron chi connectivity index (χ0n) is 20.3. The van der Waals surface area contributed by atoms with E-state index >= 15 is 0 Å². The van der Waals surface area contributed by atoms with E-state index in [1.165, 1.54) is 0 Å². The summed E-state index contributed by atoms with van der Waals surface area (Å²) in [6, 6.07) is 19.1. The van der Waals surface area contributed by atoms with Gasteiger partial charge in [0.25, 0.3) is 0 Å². The van der Waals surface area contributed by atoms with Gasteiger partial charge in [0.15, 0.2) is 0 Å². The molecule has 0 saturated heterocycles. The van der Waals surface area contributed by atoms with E-state index in [1.54, 1.807) is 79.1 Å². The number of thiophene rings is 1. The maximum Gasteiger partial charge on any atom is 0.442 e. The third-order valence-electron chi connectivity index (χ3n) is 5.20. The summed E-state index contributed by atoms with van der Waals surface area (Å²) in [5.41, 5.74) is 1.49. The van der Waals surface area contributed by atoms with Gasteiger partial charge >= 0.3 is 6.09 Å². The molecule has 0 radical (unpaired) electrons. The number of carbonyl (C=O) groups is 1. The molecule has 0 saturated carbocycles. The summed E-state index contributed by atoms with van der Waals surface area (Å²) in [7, 11) is -3.25. The van der Waals surface area contributed by atoms with Crippen LogP contribution in [0.3, 0.4) is 0 Å². The number of aliphatic hydroxyl groups is 1. The van der Waals surface area contributed by atoms with Gasteiger partial charge < -0.3 is 20.5 Å². The highest BCUT2D eigenvalue weighted by Crippen LogP contribution is 2.32. The molecular weight excluding hydrogens is 510 g/mol. The molecule has 0 spiro atoms. The van der Waals surface area contributed by atoms with Crippen molar-refractivity contribution >= 4 is 44.6 Å². The van der Waals surface area contributed by atoms with Gasteiger partial charge in [-0.1, -0.05) is 24.3 Å². The molecule has 0 aliphatic rings. The standard InChI is InChI=1S/C26H27N5O4S2/c1-3-35-26(33)31-37(34,20-8-5-4-6-9-20)21-13-11-19(12-14-21)29-25-27-16-22(23-10-7-15-36-23)24(30-25)28-18(2)17-32/h4-16,18,32H,3,17H2,1-2H3,(H2,27,28,29,30)/t18-,37?/m1/s1. The minimum atomic E-state index is -3.25. The fraction of sp³-hybridized carbons (Fsp3) is 0.192. The van der Waals surface area contributed by atoms with Gasteiger partial charge in [0.2, 0.25) is 5.95 Å². The van der Waals surface area contributed by atoms with Crippen molar-refractivity contribution in [3.05, 3.63) is 78.3 Å². The number of anilines is 3. The molecule has 11 heteroatoms. The van der Waals surface area contributed by atoms with E-state index in [0.717, 1.165) is 10.4 Å². The second-order valence-corrected chi connectivity index (χ2v) is 11.1. The number of rotatable bonds is 9. The fourth-order valence-electron chi connectivity index (χ4n) is 3.40. The van der Waals surface area contributed by atoms with E-state index in [-0.39, 0.29) is 19.3 Å². The van der Waals surface area contributed by atoms with Crippen LogP contribution in [0.25, 0.3) is 10.4 Å². The first-order chi connectivity index (χ1) is 17.9. The summed E-state index contributed by atoms with van der Waals surface area (Å²) in [5.74, 6) is 0.944. The first-order valence-electron chi connectivity index (χ1n) is 11.6. The molecule has 37 heavy (non-hydrogen) atoms. The van der Waals surface area contributed by atoms with Crippen LogP contribution in [-0.4, -0.2) is 44.6 Å². The molecule has 2 aromatic heterocycles. The van der Waals surface area contributed by atoms with Crippen LogP contribution in [0, 0.1) is 0 Å². The second kappa shape index (κ2) is 12.0. The number of hydrogen-bond donors (Lipinski definition) is 3. The largest absolute Gasteiger partial charge is 0.448 e. The lowest BCUT2D eigenvalue weighted by Crippen LogP contribution is -2.21. The number of aliphatic hydroxyl groups excluding tert-OH is 1. The Hall–Kier alpha value is -3.80. The van der Waals surface area contributed by atoms with Crippen LogP contribution in [0.5, 0.6) is 0 Å². The minimum absolute atomic E-state index is 0.0460. The Morgan fingerprint density at radius 1 is 1.11 bits per heavy atom. The molecule has 2 atom stereocenters. The molecule has 1 amide bonds. The number of benzene rings is 2. The van der Waals surface area contributed by atoms with E-state index in [2.05, 4.69) is 25.0 Å². The Morgan fingerprint density at radius 2 is 1.84 bits per heavy atom. The smallest absolute Gasteiger partial charge is 0.442 e. The van der Waals surface area contributed by atoms with Crippen molar-refractivity contribution in [3.63, 3.8) is 0 Å². The van der Waals surface area contributed by atoms with Crippen molar-refractivity contribution in [3.8, 4) is 10.4 Å². The van der Waals surface area contributed by atoms with Gasteiger partial charge in [-0.2, -0.15) is 4.98 Å². The molecule has 2 heterocycles. The lowest BCUT2D eigenvalue weighted by molar-refractivity contribution is 0.164. The van der Waals surface area contributed by atoms with Gasteiger partial charge in [-0.05, 0) is 61.7 Å². The SMILES string of the molecule is CCOC(=O)N=S(=O)(c1ccccc1)c1ccc(Nc2ncc(-c3cccs3)c(N[C@H](C)CO)n2)cc1. The number of amides is 1. The van der Waals surface area contributed by atoms with Gasteiger partial charge in [-0.3, -0.25) is 0 Å². The predicted molar refractivity (Wildman–Crippen MR) is 146 cm³/mol. The summed E-state index contributed by atoms with van der Waals surface area (Å²) in [6.07, 6.45) is 0.845. The molecule has 192 valence electrons. The van der Waals surface area contributed by atoms with Crippen LogP contribution in [-0.2, 0) is 14.5 Å². The number of hydrogen-bond acceptors (Lipinski definition) is 9. The number of carbonyl (C=O) groups excluding carboxylic acids is 1. The highest BCUT2D eigenvalue weighted by atomic mass is 32.2. The molecule has 2 aromatic carbocycles. The van der Waals surface area contributed by atoms with Crippen molar-refractivity contribution in [2.45, 2.75) is 29.7 Å². The lowest BCUT2D eigenvalue weighted by Gasteiger charge is -2.16. The third-order valence-corrected chi connectivity index (χ3v) is 8.33. The zero-order chi connectivity index (χ0) is 26.3. The summed E-state index contributed by atoms with van der Waals surface area (Å²) in [6.45, 7) is 3.61. The van der Waals surface area contributed by atoms with E-state index in [4.69, 9.17) is 4.74 Å². The van der Waals surface area contributed by atoms with E-state index in [0.29, 0.717) is 27.2 Å². The molecule has 1 unspecified atom stereocenters. The molecule has 9 nitrogen and oxygen atoms in total. The van der Waals surface area contributed by atoms with Crippen molar-refractivity contribution in [1.82, 2.24) is 9.97 Å². The number of aromatic nitrogens is 2. The Bertz CT molecular complexity index is 1450. The average Bonchev–Trinajstić information content (AvgIpc) is 3.44. The van der Waals surface area contributed by atoms with E-state index in [1.807, 2.05) is 24.4 Å². The zero-order valence-corrected chi connectivity index (χ0v) is 22.0. The van der Waals surface area contributed by atoms with Crippen LogP contribution in [0.4, 0.5) is 22.2 Å². The van der Waals surface area contributed by atoms with Crippen LogP contribution in [0.2, 0.25) is 0 Å². The summed E-state index contributed by atoms with van der Waals surface area (Å²) in [4.78, 5) is 23.0. The maximum atomic E-state index is 13.9. The normalized spacial score (nSPS) is 13.3. The van der Waals surface area contributed by atoms with Gasteiger partial charge in [0, 0.05) is 22.8 Å². The monoisotopic (exact) mass is 537 g/mol. The van der Waals surface area contributed by atoms with Crippen molar-refractivity contribution in [2.24, 2.45) is 4.36 Å². The molecule has 4 aromatic rings. The number of nitrogens with one attached hydrogen (secondary N) is 2. The van der Waals surface area contributed by atoms with Crippen LogP contribution in [0.1, 0.15) is 13.8 Å².